The molecule has 0 spiro atoms. The van der Waals surface area contributed by atoms with E-state index < -0.39 is 0 Å². The summed E-state index contributed by atoms with van der Waals surface area (Å²) in [4.78, 5) is 8.37. The first-order chi connectivity index (χ1) is 10.3. The quantitative estimate of drug-likeness (QED) is 0.725. The van der Waals surface area contributed by atoms with E-state index >= 15 is 0 Å². The number of halogens is 1. The lowest BCUT2D eigenvalue weighted by Gasteiger charge is -2.04. The number of nitriles is 1. The van der Waals surface area contributed by atoms with Crippen LogP contribution in [0.2, 0.25) is 5.02 Å². The van der Waals surface area contributed by atoms with Gasteiger partial charge in [0.1, 0.15) is 17.5 Å². The van der Waals surface area contributed by atoms with Crippen molar-refractivity contribution in [2.75, 3.05) is 0 Å². The normalized spacial score (nSPS) is 10.1. The van der Waals surface area contributed by atoms with Gasteiger partial charge in [-0.25, -0.2) is 4.98 Å². The van der Waals surface area contributed by atoms with Crippen molar-refractivity contribution in [3.63, 3.8) is 0 Å². The maximum Gasteiger partial charge on any atom is 0.201 e. The molecule has 100 valence electrons. The molecule has 3 rings (SSSR count). The molecule has 2 heterocycles. The van der Waals surface area contributed by atoms with Crippen LogP contribution < -0.4 is 0 Å². The highest BCUT2D eigenvalue weighted by molar-refractivity contribution is 6.30. The highest BCUT2D eigenvalue weighted by Gasteiger charge is 2.13. The van der Waals surface area contributed by atoms with Crippen LogP contribution in [-0.4, -0.2) is 20.2 Å². The molecule has 0 aliphatic carbocycles. The third kappa shape index (κ3) is 2.71. The maximum absolute atomic E-state index is 9.29. The van der Waals surface area contributed by atoms with E-state index in [4.69, 9.17) is 11.6 Å². The van der Waals surface area contributed by atoms with E-state index in [1.807, 2.05) is 12.1 Å². The van der Waals surface area contributed by atoms with Crippen LogP contribution in [-0.2, 0) is 0 Å². The predicted octanol–water partition coefficient (Wildman–Crippen LogP) is 3.13. The van der Waals surface area contributed by atoms with Gasteiger partial charge in [0.05, 0.1) is 0 Å². The highest BCUT2D eigenvalue weighted by Crippen LogP contribution is 2.23. The van der Waals surface area contributed by atoms with Gasteiger partial charge in [-0.2, -0.15) is 5.26 Å². The third-order valence-electron chi connectivity index (χ3n) is 2.78. The van der Waals surface area contributed by atoms with Gasteiger partial charge < -0.3 is 0 Å². The molecule has 0 radical (unpaired) electrons. The SMILES string of the molecule is N#Cc1nc(-c2ccccn2)nnc1-c1cccc(Cl)c1. The van der Waals surface area contributed by atoms with Crippen molar-refractivity contribution in [3.05, 3.63) is 59.4 Å². The number of hydrogen-bond acceptors (Lipinski definition) is 5. The van der Waals surface area contributed by atoms with Crippen molar-refractivity contribution >= 4 is 11.6 Å². The maximum atomic E-state index is 9.29. The van der Waals surface area contributed by atoms with Gasteiger partial charge in [0.2, 0.25) is 5.82 Å². The zero-order valence-corrected chi connectivity index (χ0v) is 11.5. The van der Waals surface area contributed by atoms with Crippen LogP contribution in [0.5, 0.6) is 0 Å². The molecule has 0 atom stereocenters. The molecule has 0 aliphatic rings. The summed E-state index contributed by atoms with van der Waals surface area (Å²) in [6.07, 6.45) is 1.63. The van der Waals surface area contributed by atoms with Crippen molar-refractivity contribution in [2.24, 2.45) is 0 Å². The molecule has 0 saturated carbocycles. The number of nitrogens with zero attached hydrogens (tertiary/aromatic N) is 5. The number of rotatable bonds is 2. The summed E-state index contributed by atoms with van der Waals surface area (Å²) >= 11 is 5.96. The molecule has 6 heteroatoms. The summed E-state index contributed by atoms with van der Waals surface area (Å²) in [5.74, 6) is 0.318. The Labute approximate surface area is 125 Å². The van der Waals surface area contributed by atoms with Gasteiger partial charge in [-0.3, -0.25) is 4.98 Å². The zero-order chi connectivity index (χ0) is 14.7. The second-order valence-corrected chi connectivity index (χ2v) is 4.61. The number of aromatic nitrogens is 4. The first-order valence-electron chi connectivity index (χ1n) is 6.10. The Kier molecular flexibility index (Phi) is 3.54. The Morgan fingerprint density at radius 2 is 1.95 bits per heavy atom. The van der Waals surface area contributed by atoms with Gasteiger partial charge in [0, 0.05) is 16.8 Å². The standard InChI is InChI=1S/C15H8ClN5/c16-11-5-3-4-10(8-11)14-13(9-17)19-15(21-20-14)12-6-1-2-7-18-12/h1-8H. The Morgan fingerprint density at radius 1 is 1.05 bits per heavy atom. The number of benzene rings is 1. The van der Waals surface area contributed by atoms with Crippen LogP contribution in [0.25, 0.3) is 22.8 Å². The van der Waals surface area contributed by atoms with Crippen molar-refractivity contribution in [3.8, 4) is 28.8 Å². The minimum Gasteiger partial charge on any atom is -0.253 e. The molecule has 0 aliphatic heterocycles. The molecule has 0 bridgehead atoms. The van der Waals surface area contributed by atoms with Gasteiger partial charge in [-0.05, 0) is 24.3 Å². The van der Waals surface area contributed by atoms with Crippen molar-refractivity contribution in [1.82, 2.24) is 20.2 Å². The molecule has 3 aromatic rings. The monoisotopic (exact) mass is 293 g/mol. The van der Waals surface area contributed by atoms with Gasteiger partial charge in [-0.1, -0.05) is 29.8 Å². The zero-order valence-electron chi connectivity index (χ0n) is 10.7. The summed E-state index contributed by atoms with van der Waals surface area (Å²) < 4.78 is 0. The second kappa shape index (κ2) is 5.65. The van der Waals surface area contributed by atoms with Crippen molar-refractivity contribution < 1.29 is 0 Å². The minimum absolute atomic E-state index is 0.188. The second-order valence-electron chi connectivity index (χ2n) is 4.17. The van der Waals surface area contributed by atoms with E-state index in [1.165, 1.54) is 0 Å². The first-order valence-corrected chi connectivity index (χ1v) is 6.48. The fourth-order valence-electron chi connectivity index (χ4n) is 1.84. The molecule has 0 N–H and O–H groups in total. The topological polar surface area (TPSA) is 75.3 Å². The lowest BCUT2D eigenvalue weighted by atomic mass is 10.1. The number of hydrogen-bond donors (Lipinski definition) is 0. The molecular formula is C15H8ClN5. The highest BCUT2D eigenvalue weighted by atomic mass is 35.5. The van der Waals surface area contributed by atoms with Crippen LogP contribution in [0.15, 0.2) is 48.7 Å². The average molecular weight is 294 g/mol. The summed E-state index contributed by atoms with van der Waals surface area (Å²) in [5.41, 5.74) is 1.86. The molecule has 2 aromatic heterocycles. The largest absolute Gasteiger partial charge is 0.253 e. The Morgan fingerprint density at radius 3 is 2.67 bits per heavy atom. The summed E-state index contributed by atoms with van der Waals surface area (Å²) in [6.45, 7) is 0. The molecule has 5 nitrogen and oxygen atoms in total. The fraction of sp³-hybridized carbons (Fsp3) is 0. The van der Waals surface area contributed by atoms with Crippen LogP contribution >= 0.6 is 11.6 Å². The fourth-order valence-corrected chi connectivity index (χ4v) is 2.03. The molecule has 0 unspecified atom stereocenters. The van der Waals surface area contributed by atoms with Crippen LogP contribution in [0.1, 0.15) is 5.69 Å². The average Bonchev–Trinajstić information content (AvgIpc) is 2.55. The molecule has 0 fully saturated rings. The van der Waals surface area contributed by atoms with Gasteiger partial charge >= 0.3 is 0 Å². The first kappa shape index (κ1) is 13.2. The Hall–Kier alpha value is -2.84. The van der Waals surface area contributed by atoms with E-state index in [2.05, 4.69) is 20.2 Å². The molecule has 0 saturated heterocycles. The molecule has 1 aromatic carbocycles. The van der Waals surface area contributed by atoms with E-state index in [0.717, 1.165) is 0 Å². The summed E-state index contributed by atoms with van der Waals surface area (Å²) in [5, 5.41) is 18.0. The van der Waals surface area contributed by atoms with E-state index in [0.29, 0.717) is 27.8 Å². The number of pyridine rings is 1. The van der Waals surface area contributed by atoms with E-state index in [9.17, 15) is 5.26 Å². The molecular weight excluding hydrogens is 286 g/mol. The van der Waals surface area contributed by atoms with Gasteiger partial charge in [0.25, 0.3) is 0 Å². The Bertz CT molecular complexity index is 827. The summed E-state index contributed by atoms with van der Waals surface area (Å²) in [6, 6.07) is 14.5. The summed E-state index contributed by atoms with van der Waals surface area (Å²) in [7, 11) is 0. The van der Waals surface area contributed by atoms with Crippen LogP contribution in [0, 0.1) is 11.3 Å². The third-order valence-corrected chi connectivity index (χ3v) is 3.02. The Balaban J connectivity index is 2.11. The lowest BCUT2D eigenvalue weighted by molar-refractivity contribution is 0.966. The predicted molar refractivity (Wildman–Crippen MR) is 78.2 cm³/mol. The molecule has 0 amide bonds. The van der Waals surface area contributed by atoms with E-state index in [1.54, 1.807) is 42.6 Å². The molecule has 21 heavy (non-hydrogen) atoms. The van der Waals surface area contributed by atoms with Crippen molar-refractivity contribution in [2.45, 2.75) is 0 Å². The van der Waals surface area contributed by atoms with Crippen LogP contribution in [0.3, 0.4) is 0 Å². The smallest absolute Gasteiger partial charge is 0.201 e. The van der Waals surface area contributed by atoms with Crippen LogP contribution in [0.4, 0.5) is 0 Å². The minimum atomic E-state index is 0.188. The van der Waals surface area contributed by atoms with Gasteiger partial charge in [0.15, 0.2) is 5.69 Å². The van der Waals surface area contributed by atoms with Crippen molar-refractivity contribution in [1.29, 1.82) is 5.26 Å². The lowest BCUT2D eigenvalue weighted by Crippen LogP contribution is -2.01. The van der Waals surface area contributed by atoms with Gasteiger partial charge in [-0.15, -0.1) is 10.2 Å². The van der Waals surface area contributed by atoms with E-state index in [-0.39, 0.29) is 5.69 Å².